The Kier molecular flexibility index (Phi) is 5.11. The molecule has 6 nitrogen and oxygen atoms in total. The van der Waals surface area contributed by atoms with Gasteiger partial charge in [-0.3, -0.25) is 24.3 Å². The highest BCUT2D eigenvalue weighted by molar-refractivity contribution is 6.22. The molecule has 1 aromatic carbocycles. The fourth-order valence-corrected chi connectivity index (χ4v) is 2.82. The summed E-state index contributed by atoms with van der Waals surface area (Å²) < 4.78 is 0. The summed E-state index contributed by atoms with van der Waals surface area (Å²) in [6.07, 6.45) is 4.12. The van der Waals surface area contributed by atoms with E-state index in [0.29, 0.717) is 23.6 Å². The van der Waals surface area contributed by atoms with Crippen LogP contribution in [-0.2, 0) is 6.54 Å². The first kappa shape index (κ1) is 17.8. The molecule has 3 rings (SSSR count). The lowest BCUT2D eigenvalue weighted by Gasteiger charge is -2.13. The molecule has 2 aromatic rings. The van der Waals surface area contributed by atoms with E-state index in [4.69, 9.17) is 0 Å². The molecular formula is C20H21N3O3. The van der Waals surface area contributed by atoms with Gasteiger partial charge >= 0.3 is 0 Å². The van der Waals surface area contributed by atoms with E-state index in [2.05, 4.69) is 24.1 Å². The molecule has 0 unspecified atom stereocenters. The Labute approximate surface area is 152 Å². The van der Waals surface area contributed by atoms with Gasteiger partial charge in [-0.1, -0.05) is 13.8 Å². The van der Waals surface area contributed by atoms with Crippen LogP contribution in [0.2, 0.25) is 0 Å². The van der Waals surface area contributed by atoms with Gasteiger partial charge in [-0.05, 0) is 48.2 Å². The molecule has 0 atom stereocenters. The molecule has 0 bridgehead atoms. The second-order valence-corrected chi connectivity index (χ2v) is 6.75. The predicted octanol–water partition coefficient (Wildman–Crippen LogP) is 2.65. The molecule has 134 valence electrons. The summed E-state index contributed by atoms with van der Waals surface area (Å²) >= 11 is 0. The Morgan fingerprint density at radius 3 is 2.46 bits per heavy atom. The molecule has 26 heavy (non-hydrogen) atoms. The van der Waals surface area contributed by atoms with Crippen LogP contribution in [0.15, 0.2) is 42.7 Å². The Balaban J connectivity index is 1.76. The van der Waals surface area contributed by atoms with Crippen LogP contribution in [-0.4, -0.2) is 34.2 Å². The lowest BCUT2D eigenvalue weighted by molar-refractivity contribution is 0.0642. The second kappa shape index (κ2) is 7.47. The molecule has 0 saturated heterocycles. The number of nitrogens with zero attached hydrogens (tertiary/aromatic N) is 2. The van der Waals surface area contributed by atoms with Gasteiger partial charge in [0.15, 0.2) is 0 Å². The normalized spacial score (nSPS) is 13.3. The summed E-state index contributed by atoms with van der Waals surface area (Å²) in [5, 5.41) is 2.84. The first-order chi connectivity index (χ1) is 12.5. The average Bonchev–Trinajstić information content (AvgIpc) is 2.87. The number of nitrogens with one attached hydrogen (secondary N) is 1. The zero-order chi connectivity index (χ0) is 18.7. The minimum atomic E-state index is -0.376. The number of carbonyl (C=O) groups is 3. The molecule has 0 radical (unpaired) electrons. The van der Waals surface area contributed by atoms with Gasteiger partial charge in [0.25, 0.3) is 17.7 Å². The van der Waals surface area contributed by atoms with E-state index in [-0.39, 0.29) is 29.8 Å². The van der Waals surface area contributed by atoms with Crippen molar-refractivity contribution in [3.63, 3.8) is 0 Å². The van der Waals surface area contributed by atoms with Crippen LogP contribution in [0.5, 0.6) is 0 Å². The number of benzene rings is 1. The van der Waals surface area contributed by atoms with E-state index in [1.165, 1.54) is 11.0 Å². The maximum absolute atomic E-state index is 12.6. The smallest absolute Gasteiger partial charge is 0.261 e. The maximum atomic E-state index is 12.6. The van der Waals surface area contributed by atoms with E-state index in [0.717, 1.165) is 12.0 Å². The van der Waals surface area contributed by atoms with Gasteiger partial charge < -0.3 is 5.32 Å². The van der Waals surface area contributed by atoms with Crippen molar-refractivity contribution in [3.05, 3.63) is 65.0 Å². The van der Waals surface area contributed by atoms with Crippen LogP contribution in [0.4, 0.5) is 0 Å². The fourth-order valence-electron chi connectivity index (χ4n) is 2.82. The number of hydrogen-bond donors (Lipinski definition) is 1. The highest BCUT2D eigenvalue weighted by Gasteiger charge is 2.35. The van der Waals surface area contributed by atoms with Gasteiger partial charge in [0, 0.05) is 24.5 Å². The molecular weight excluding hydrogens is 330 g/mol. The van der Waals surface area contributed by atoms with Crippen molar-refractivity contribution in [1.82, 2.24) is 15.2 Å². The minimum absolute atomic E-state index is 0.185. The predicted molar refractivity (Wildman–Crippen MR) is 96.7 cm³/mol. The van der Waals surface area contributed by atoms with Crippen molar-refractivity contribution in [3.8, 4) is 0 Å². The first-order valence-electron chi connectivity index (χ1n) is 8.64. The SMILES string of the molecule is CC(C)CCNC(=O)c1ccc2c(c1)C(=O)N(Cc1ccncc1)C2=O. The third-order valence-electron chi connectivity index (χ3n) is 4.33. The molecule has 1 N–H and O–H groups in total. The van der Waals surface area contributed by atoms with Crippen LogP contribution < -0.4 is 5.32 Å². The summed E-state index contributed by atoms with van der Waals surface area (Å²) in [4.78, 5) is 42.6. The van der Waals surface area contributed by atoms with E-state index in [9.17, 15) is 14.4 Å². The van der Waals surface area contributed by atoms with Crippen molar-refractivity contribution in [2.45, 2.75) is 26.8 Å². The molecule has 0 aliphatic carbocycles. The van der Waals surface area contributed by atoms with E-state index >= 15 is 0 Å². The number of fused-ring (bicyclic) bond motifs is 1. The topological polar surface area (TPSA) is 79.4 Å². The summed E-state index contributed by atoms with van der Waals surface area (Å²) in [6.45, 7) is 4.94. The average molecular weight is 351 g/mol. The van der Waals surface area contributed by atoms with Crippen molar-refractivity contribution in [1.29, 1.82) is 0 Å². The Morgan fingerprint density at radius 1 is 1.08 bits per heavy atom. The van der Waals surface area contributed by atoms with Crippen molar-refractivity contribution >= 4 is 17.7 Å². The zero-order valence-electron chi connectivity index (χ0n) is 14.9. The molecule has 1 aromatic heterocycles. The molecule has 1 aliphatic heterocycles. The minimum Gasteiger partial charge on any atom is -0.352 e. The van der Waals surface area contributed by atoms with Gasteiger partial charge in [0.05, 0.1) is 17.7 Å². The van der Waals surface area contributed by atoms with Crippen molar-refractivity contribution in [2.24, 2.45) is 5.92 Å². The lowest BCUT2D eigenvalue weighted by Crippen LogP contribution is -2.29. The molecule has 3 amide bonds. The Bertz CT molecular complexity index is 847. The molecule has 0 fully saturated rings. The number of aromatic nitrogens is 1. The van der Waals surface area contributed by atoms with E-state index < -0.39 is 0 Å². The molecule has 0 saturated carbocycles. The van der Waals surface area contributed by atoms with Crippen LogP contribution in [0, 0.1) is 5.92 Å². The molecule has 6 heteroatoms. The number of hydrogen-bond acceptors (Lipinski definition) is 4. The number of imide groups is 1. The molecule has 1 aliphatic rings. The number of pyridine rings is 1. The fraction of sp³-hybridized carbons (Fsp3) is 0.300. The van der Waals surface area contributed by atoms with Crippen LogP contribution in [0.3, 0.4) is 0 Å². The second-order valence-electron chi connectivity index (χ2n) is 6.75. The summed E-state index contributed by atoms with van der Waals surface area (Å²) in [5.74, 6) is -0.454. The third kappa shape index (κ3) is 3.64. The van der Waals surface area contributed by atoms with Gasteiger partial charge in [-0.2, -0.15) is 0 Å². The highest BCUT2D eigenvalue weighted by Crippen LogP contribution is 2.25. The first-order valence-corrected chi connectivity index (χ1v) is 8.64. The van der Waals surface area contributed by atoms with Crippen molar-refractivity contribution < 1.29 is 14.4 Å². The number of amides is 3. The van der Waals surface area contributed by atoms with Gasteiger partial charge in [0.1, 0.15) is 0 Å². The summed E-state index contributed by atoms with van der Waals surface area (Å²) in [6, 6.07) is 8.17. The lowest BCUT2D eigenvalue weighted by atomic mass is 10.1. The quantitative estimate of drug-likeness (QED) is 0.812. The van der Waals surface area contributed by atoms with Gasteiger partial charge in [0.2, 0.25) is 0 Å². The van der Waals surface area contributed by atoms with E-state index in [1.807, 2.05) is 0 Å². The number of carbonyl (C=O) groups excluding carboxylic acids is 3. The van der Waals surface area contributed by atoms with Crippen molar-refractivity contribution in [2.75, 3.05) is 6.54 Å². The standard InChI is InChI=1S/C20H21N3O3/c1-13(2)5-10-22-18(24)15-3-4-16-17(11-15)20(26)23(19(16)25)12-14-6-8-21-9-7-14/h3-4,6-9,11,13H,5,10,12H2,1-2H3,(H,22,24). The Hall–Kier alpha value is -3.02. The molecule has 0 spiro atoms. The van der Waals surface area contributed by atoms with Crippen LogP contribution in [0.25, 0.3) is 0 Å². The van der Waals surface area contributed by atoms with Crippen LogP contribution in [0.1, 0.15) is 56.9 Å². The summed E-state index contributed by atoms with van der Waals surface area (Å²) in [7, 11) is 0. The number of rotatable bonds is 6. The zero-order valence-corrected chi connectivity index (χ0v) is 14.9. The molecule has 2 heterocycles. The maximum Gasteiger partial charge on any atom is 0.261 e. The van der Waals surface area contributed by atoms with Gasteiger partial charge in [-0.25, -0.2) is 0 Å². The summed E-state index contributed by atoms with van der Waals surface area (Å²) in [5.41, 5.74) is 1.82. The third-order valence-corrected chi connectivity index (χ3v) is 4.33. The van der Waals surface area contributed by atoms with Gasteiger partial charge in [-0.15, -0.1) is 0 Å². The monoisotopic (exact) mass is 351 g/mol. The van der Waals surface area contributed by atoms with Crippen LogP contribution >= 0.6 is 0 Å². The van der Waals surface area contributed by atoms with E-state index in [1.54, 1.807) is 36.7 Å². The Morgan fingerprint density at radius 2 is 1.77 bits per heavy atom. The highest BCUT2D eigenvalue weighted by atomic mass is 16.2. The largest absolute Gasteiger partial charge is 0.352 e.